The Morgan fingerprint density at radius 1 is 1.14 bits per heavy atom. The number of benzene rings is 2. The van der Waals surface area contributed by atoms with Crippen LogP contribution in [-0.4, -0.2) is 18.6 Å². The second-order valence-electron chi connectivity index (χ2n) is 5.21. The minimum Gasteiger partial charge on any atom is -0.384 e. The molecule has 3 nitrogen and oxygen atoms in total. The molecule has 0 bridgehead atoms. The first-order valence-corrected chi connectivity index (χ1v) is 8.26. The lowest BCUT2D eigenvalue weighted by atomic mass is 9.98. The molecule has 0 atom stereocenters. The lowest BCUT2D eigenvalue weighted by molar-refractivity contribution is 0.730. The van der Waals surface area contributed by atoms with E-state index in [2.05, 4.69) is 35.2 Å². The van der Waals surface area contributed by atoms with Gasteiger partial charge in [-0.25, -0.2) is 0 Å². The summed E-state index contributed by atoms with van der Waals surface area (Å²) in [5.74, 6) is 0.147. The maximum absolute atomic E-state index is 7.92. The molecule has 0 spiro atoms. The predicted octanol–water partition coefficient (Wildman–Crippen LogP) is 3.26. The van der Waals surface area contributed by atoms with E-state index >= 15 is 0 Å². The van der Waals surface area contributed by atoms with Crippen molar-refractivity contribution in [2.45, 2.75) is 17.9 Å². The molecular weight excluding hydrogens is 278 g/mol. The standard InChI is InChI=1S/C17H19N3S/c1-21-15-8-4-7-14(16(15)17(18)19)20-10-9-12-5-2-3-6-13(12)11-20/h2-8H,9-11H2,1H3,(H3,18,19). The number of nitrogen functional groups attached to an aromatic ring is 1. The first-order chi connectivity index (χ1) is 10.2. The average Bonchev–Trinajstić information content (AvgIpc) is 2.53. The number of thioether (sulfide) groups is 1. The van der Waals surface area contributed by atoms with E-state index in [9.17, 15) is 0 Å². The van der Waals surface area contributed by atoms with Gasteiger partial charge in [0.2, 0.25) is 0 Å². The van der Waals surface area contributed by atoms with Gasteiger partial charge in [-0.3, -0.25) is 5.41 Å². The Bertz CT molecular complexity index is 681. The maximum atomic E-state index is 7.92. The van der Waals surface area contributed by atoms with Crippen molar-refractivity contribution in [3.05, 3.63) is 59.2 Å². The van der Waals surface area contributed by atoms with E-state index in [-0.39, 0.29) is 5.84 Å². The fourth-order valence-electron chi connectivity index (χ4n) is 2.93. The summed E-state index contributed by atoms with van der Waals surface area (Å²) >= 11 is 1.64. The second-order valence-corrected chi connectivity index (χ2v) is 6.06. The zero-order valence-electron chi connectivity index (χ0n) is 12.1. The molecule has 1 aliphatic heterocycles. The number of hydrogen-bond acceptors (Lipinski definition) is 3. The van der Waals surface area contributed by atoms with Crippen LogP contribution < -0.4 is 10.6 Å². The fraction of sp³-hybridized carbons (Fsp3) is 0.235. The molecule has 2 aromatic rings. The molecule has 0 saturated carbocycles. The van der Waals surface area contributed by atoms with Gasteiger partial charge in [0, 0.05) is 23.7 Å². The van der Waals surface area contributed by atoms with Crippen molar-refractivity contribution in [2.75, 3.05) is 17.7 Å². The minimum atomic E-state index is 0.147. The molecule has 3 N–H and O–H groups in total. The molecule has 1 aliphatic rings. The molecule has 3 rings (SSSR count). The Balaban J connectivity index is 2.01. The minimum absolute atomic E-state index is 0.147. The third-order valence-electron chi connectivity index (χ3n) is 3.96. The molecule has 0 radical (unpaired) electrons. The second kappa shape index (κ2) is 5.82. The zero-order valence-corrected chi connectivity index (χ0v) is 12.9. The molecule has 0 amide bonds. The first-order valence-electron chi connectivity index (χ1n) is 7.04. The van der Waals surface area contributed by atoms with Crippen molar-refractivity contribution in [1.29, 1.82) is 5.41 Å². The third-order valence-corrected chi connectivity index (χ3v) is 4.74. The number of nitrogens with two attached hydrogens (primary N) is 1. The number of nitrogens with zero attached hydrogens (tertiary/aromatic N) is 1. The van der Waals surface area contributed by atoms with Crippen molar-refractivity contribution in [2.24, 2.45) is 5.73 Å². The predicted molar refractivity (Wildman–Crippen MR) is 90.4 cm³/mol. The van der Waals surface area contributed by atoms with Crippen LogP contribution in [0.3, 0.4) is 0 Å². The van der Waals surface area contributed by atoms with E-state index in [1.807, 2.05) is 18.4 Å². The summed E-state index contributed by atoms with van der Waals surface area (Å²) in [7, 11) is 0. The molecule has 21 heavy (non-hydrogen) atoms. The van der Waals surface area contributed by atoms with Crippen molar-refractivity contribution < 1.29 is 0 Å². The molecular formula is C17H19N3S. The quantitative estimate of drug-likeness (QED) is 0.519. The van der Waals surface area contributed by atoms with Gasteiger partial charge in [0.25, 0.3) is 0 Å². The Morgan fingerprint density at radius 2 is 1.90 bits per heavy atom. The highest BCUT2D eigenvalue weighted by molar-refractivity contribution is 7.98. The van der Waals surface area contributed by atoms with Gasteiger partial charge in [0.1, 0.15) is 5.84 Å². The van der Waals surface area contributed by atoms with Crippen LogP contribution >= 0.6 is 11.8 Å². The maximum Gasteiger partial charge on any atom is 0.126 e. The van der Waals surface area contributed by atoms with Gasteiger partial charge in [0.05, 0.1) is 5.56 Å². The summed E-state index contributed by atoms with van der Waals surface area (Å²) in [6.45, 7) is 1.85. The third kappa shape index (κ3) is 2.63. The highest BCUT2D eigenvalue weighted by Gasteiger charge is 2.20. The van der Waals surface area contributed by atoms with Crippen LogP contribution in [0, 0.1) is 5.41 Å². The smallest absolute Gasteiger partial charge is 0.126 e. The summed E-state index contributed by atoms with van der Waals surface area (Å²) in [4.78, 5) is 3.40. The highest BCUT2D eigenvalue weighted by Crippen LogP contribution is 2.32. The van der Waals surface area contributed by atoms with E-state index in [1.165, 1.54) is 11.1 Å². The van der Waals surface area contributed by atoms with Gasteiger partial charge in [-0.1, -0.05) is 30.3 Å². The molecule has 108 valence electrons. The van der Waals surface area contributed by atoms with Crippen LogP contribution in [0.5, 0.6) is 0 Å². The van der Waals surface area contributed by atoms with E-state index in [0.717, 1.165) is 35.7 Å². The van der Waals surface area contributed by atoms with Crippen LogP contribution in [0.25, 0.3) is 0 Å². The van der Waals surface area contributed by atoms with Gasteiger partial charge < -0.3 is 10.6 Å². The molecule has 0 saturated heterocycles. The fourth-order valence-corrected chi connectivity index (χ4v) is 3.56. The molecule has 0 aliphatic carbocycles. The number of nitrogens with one attached hydrogen (secondary N) is 1. The van der Waals surface area contributed by atoms with Crippen LogP contribution in [0.2, 0.25) is 0 Å². The molecule has 0 unspecified atom stereocenters. The lowest BCUT2D eigenvalue weighted by Crippen LogP contribution is -2.32. The largest absolute Gasteiger partial charge is 0.384 e. The van der Waals surface area contributed by atoms with Crippen molar-refractivity contribution in [3.8, 4) is 0 Å². The van der Waals surface area contributed by atoms with E-state index < -0.39 is 0 Å². The Kier molecular flexibility index (Phi) is 3.88. The van der Waals surface area contributed by atoms with Gasteiger partial charge in [-0.05, 0) is 35.9 Å². The van der Waals surface area contributed by atoms with E-state index in [0.29, 0.717) is 0 Å². The van der Waals surface area contributed by atoms with Crippen LogP contribution in [-0.2, 0) is 13.0 Å². The van der Waals surface area contributed by atoms with Gasteiger partial charge in [-0.15, -0.1) is 11.8 Å². The molecule has 4 heteroatoms. The molecule has 2 aromatic carbocycles. The van der Waals surface area contributed by atoms with Crippen molar-refractivity contribution in [1.82, 2.24) is 0 Å². The molecule has 0 aromatic heterocycles. The molecule has 1 heterocycles. The summed E-state index contributed by atoms with van der Waals surface area (Å²) in [6.07, 6.45) is 3.06. The summed E-state index contributed by atoms with van der Waals surface area (Å²) in [5.41, 5.74) is 10.6. The number of hydrogen-bond donors (Lipinski definition) is 2. The number of anilines is 1. The van der Waals surface area contributed by atoms with Crippen LogP contribution in [0.4, 0.5) is 5.69 Å². The Labute approximate surface area is 129 Å². The van der Waals surface area contributed by atoms with Gasteiger partial charge in [-0.2, -0.15) is 0 Å². The van der Waals surface area contributed by atoms with E-state index in [4.69, 9.17) is 11.1 Å². The van der Waals surface area contributed by atoms with Crippen molar-refractivity contribution in [3.63, 3.8) is 0 Å². The van der Waals surface area contributed by atoms with Gasteiger partial charge >= 0.3 is 0 Å². The normalized spacial score (nSPS) is 13.9. The van der Waals surface area contributed by atoms with Crippen molar-refractivity contribution >= 4 is 23.3 Å². The Morgan fingerprint density at radius 3 is 2.62 bits per heavy atom. The topological polar surface area (TPSA) is 53.1 Å². The summed E-state index contributed by atoms with van der Waals surface area (Å²) in [5, 5.41) is 7.92. The zero-order chi connectivity index (χ0) is 14.8. The number of rotatable bonds is 3. The molecule has 0 fully saturated rings. The van der Waals surface area contributed by atoms with E-state index in [1.54, 1.807) is 11.8 Å². The summed E-state index contributed by atoms with van der Waals surface area (Å²) in [6, 6.07) is 14.7. The highest BCUT2D eigenvalue weighted by atomic mass is 32.2. The van der Waals surface area contributed by atoms with Gasteiger partial charge in [0.15, 0.2) is 0 Å². The Hall–Kier alpha value is -1.94. The SMILES string of the molecule is CSc1cccc(N2CCc3ccccc3C2)c1C(=N)N. The summed E-state index contributed by atoms with van der Waals surface area (Å²) < 4.78 is 0. The number of fused-ring (bicyclic) bond motifs is 1. The number of amidine groups is 1. The average molecular weight is 297 g/mol. The lowest BCUT2D eigenvalue weighted by Gasteiger charge is -2.32. The van der Waals surface area contributed by atoms with Crippen LogP contribution in [0.15, 0.2) is 47.4 Å². The van der Waals surface area contributed by atoms with Crippen LogP contribution in [0.1, 0.15) is 16.7 Å². The monoisotopic (exact) mass is 297 g/mol. The first kappa shape index (κ1) is 14.0.